The van der Waals surface area contributed by atoms with Gasteiger partial charge in [0, 0.05) is 32.1 Å². The summed E-state index contributed by atoms with van der Waals surface area (Å²) in [6.07, 6.45) is 1.24. The number of nitrogens with zero attached hydrogens (tertiary/aromatic N) is 5. The molecule has 280 valence electrons. The summed E-state index contributed by atoms with van der Waals surface area (Å²) in [5, 5.41) is 33.4. The number of aliphatic hydroxyl groups excluding tert-OH is 1. The van der Waals surface area contributed by atoms with E-state index in [1.54, 1.807) is 30.3 Å². The number of amides is 4. The number of aliphatic hydroxyl groups is 1. The van der Waals surface area contributed by atoms with Gasteiger partial charge in [0.2, 0.25) is 11.8 Å². The number of fused-ring (bicyclic) bond motifs is 4. The topological polar surface area (TPSA) is 194 Å². The molecule has 3 aromatic rings. The first-order valence-electron chi connectivity index (χ1n) is 16.6. The molecule has 3 aromatic carbocycles. The van der Waals surface area contributed by atoms with Gasteiger partial charge in [-0.15, -0.1) is 23.2 Å². The molecular formula is C36H30Cl2FN5O10. The standard InChI is InChI=1S/C36H30Cl2FN5O10/c1-40(2)30-26(43(50)51)15-21(16-27(30)44(52)53)41-31(46)24-12-11-23-25(28(24)32(41)47)17-35(37)33(48)42(20-7-5-19(39)6-8-20)34(49)36(35,38)29(23)18-3-9-22(10-4-18)54-14-13-45/h3-11,15-16,24-25,28-29,45H,12-14,17H2,1-2H3/t24-,25+,28-,29-,35+,36-/m0/s1. The van der Waals surface area contributed by atoms with E-state index in [0.29, 0.717) is 21.8 Å². The lowest BCUT2D eigenvalue weighted by Gasteiger charge is -2.50. The van der Waals surface area contributed by atoms with Crippen molar-refractivity contribution in [1.29, 1.82) is 0 Å². The second-order valence-corrected chi connectivity index (χ2v) is 14.9. The fourth-order valence-electron chi connectivity index (χ4n) is 8.40. The third-order valence-corrected chi connectivity index (χ3v) is 12.0. The van der Waals surface area contributed by atoms with Crippen molar-refractivity contribution in [1.82, 2.24) is 0 Å². The molecule has 1 saturated carbocycles. The quantitative estimate of drug-likeness (QED) is 0.103. The Morgan fingerprint density at radius 2 is 1.50 bits per heavy atom. The lowest BCUT2D eigenvalue weighted by Crippen LogP contribution is -2.60. The van der Waals surface area contributed by atoms with Crippen molar-refractivity contribution < 1.29 is 43.3 Å². The van der Waals surface area contributed by atoms with Gasteiger partial charge in [-0.05, 0) is 60.7 Å². The van der Waals surface area contributed by atoms with Crippen LogP contribution in [0.2, 0.25) is 0 Å². The molecule has 3 fully saturated rings. The van der Waals surface area contributed by atoms with Gasteiger partial charge in [0.1, 0.15) is 18.2 Å². The number of anilines is 3. The molecule has 0 unspecified atom stereocenters. The van der Waals surface area contributed by atoms with Gasteiger partial charge < -0.3 is 14.7 Å². The molecule has 2 aliphatic carbocycles. The Bertz CT molecular complexity index is 2150. The summed E-state index contributed by atoms with van der Waals surface area (Å²) in [6.45, 7) is -0.249. The molecule has 2 aliphatic heterocycles. The largest absolute Gasteiger partial charge is 0.491 e. The summed E-state index contributed by atoms with van der Waals surface area (Å²) in [4.78, 5) is 78.4. The zero-order valence-corrected chi connectivity index (χ0v) is 30.0. The number of hydrogen-bond donors (Lipinski definition) is 1. The molecule has 1 N–H and O–H groups in total. The number of rotatable bonds is 9. The highest BCUT2D eigenvalue weighted by molar-refractivity contribution is 6.58. The van der Waals surface area contributed by atoms with Crippen molar-refractivity contribution in [3.05, 3.63) is 104 Å². The molecule has 2 saturated heterocycles. The first-order chi connectivity index (χ1) is 25.6. The van der Waals surface area contributed by atoms with Crippen LogP contribution in [0.25, 0.3) is 0 Å². The van der Waals surface area contributed by atoms with Crippen LogP contribution in [0.5, 0.6) is 5.75 Å². The van der Waals surface area contributed by atoms with E-state index in [1.165, 1.54) is 31.1 Å². The third kappa shape index (κ3) is 5.26. The van der Waals surface area contributed by atoms with Crippen LogP contribution >= 0.6 is 23.2 Å². The Morgan fingerprint density at radius 3 is 2.06 bits per heavy atom. The highest BCUT2D eigenvalue weighted by Crippen LogP contribution is 2.66. The first-order valence-corrected chi connectivity index (χ1v) is 17.4. The highest BCUT2D eigenvalue weighted by atomic mass is 35.5. The molecule has 18 heteroatoms. The summed E-state index contributed by atoms with van der Waals surface area (Å²) in [7, 11) is 2.76. The maximum absolute atomic E-state index is 14.5. The Labute approximate surface area is 315 Å². The number of carbonyl (C=O) groups excluding carboxylic acids is 4. The maximum atomic E-state index is 14.5. The molecule has 0 bridgehead atoms. The van der Waals surface area contributed by atoms with Gasteiger partial charge in [0.05, 0.1) is 39.7 Å². The molecule has 0 spiro atoms. The number of carbonyl (C=O) groups is 4. The number of benzene rings is 3. The van der Waals surface area contributed by atoms with Gasteiger partial charge in [-0.3, -0.25) is 39.4 Å². The normalized spacial score (nSPS) is 27.3. The van der Waals surface area contributed by atoms with Crippen LogP contribution in [0.4, 0.5) is 32.8 Å². The van der Waals surface area contributed by atoms with Crippen molar-refractivity contribution in [2.75, 3.05) is 42.0 Å². The molecule has 15 nitrogen and oxygen atoms in total. The van der Waals surface area contributed by atoms with Crippen LogP contribution < -0.4 is 19.4 Å². The molecular weight excluding hydrogens is 752 g/mol. The van der Waals surface area contributed by atoms with Crippen LogP contribution in [-0.2, 0) is 19.2 Å². The number of ether oxygens (including phenoxy) is 1. The monoisotopic (exact) mass is 781 g/mol. The van der Waals surface area contributed by atoms with E-state index in [9.17, 15) is 48.9 Å². The maximum Gasteiger partial charge on any atom is 0.301 e. The summed E-state index contributed by atoms with van der Waals surface area (Å²) >= 11 is 14.8. The third-order valence-electron chi connectivity index (χ3n) is 10.6. The van der Waals surface area contributed by atoms with E-state index < -0.39 is 90.5 Å². The minimum atomic E-state index is -2.22. The van der Waals surface area contributed by atoms with Crippen LogP contribution in [0.3, 0.4) is 0 Å². The fraction of sp³-hybridized carbons (Fsp3) is 0.333. The Balaban J connectivity index is 1.37. The van der Waals surface area contributed by atoms with E-state index in [4.69, 9.17) is 27.9 Å². The van der Waals surface area contributed by atoms with Crippen molar-refractivity contribution >= 4 is 75.3 Å². The van der Waals surface area contributed by atoms with Gasteiger partial charge in [0.15, 0.2) is 15.4 Å². The van der Waals surface area contributed by atoms with Crippen molar-refractivity contribution in [2.24, 2.45) is 17.8 Å². The number of alkyl halides is 2. The summed E-state index contributed by atoms with van der Waals surface area (Å²) in [5.74, 6) is -8.08. The number of hydrogen-bond acceptors (Lipinski definition) is 11. The molecule has 0 aromatic heterocycles. The molecule has 6 atom stereocenters. The predicted octanol–water partition coefficient (Wildman–Crippen LogP) is 4.85. The summed E-state index contributed by atoms with van der Waals surface area (Å²) < 4.78 is 19.4. The van der Waals surface area contributed by atoms with Crippen LogP contribution in [-0.4, -0.2) is 75.6 Å². The SMILES string of the molecule is CN(C)c1c([N+](=O)[O-])cc(N2C(=O)[C@H]3[C@H](CC=C4[C@H]3C[C@@]3(Cl)C(=O)N(c5ccc(F)cc5)C(=O)[C@@]3(Cl)[C@H]4c3ccc(OCCO)cc3)C2=O)cc1[N+](=O)[O-]. The predicted molar refractivity (Wildman–Crippen MR) is 192 cm³/mol. The smallest absolute Gasteiger partial charge is 0.301 e. The molecule has 54 heavy (non-hydrogen) atoms. The average molecular weight is 783 g/mol. The van der Waals surface area contributed by atoms with Gasteiger partial charge in [-0.25, -0.2) is 14.2 Å². The van der Waals surface area contributed by atoms with Gasteiger partial charge in [0.25, 0.3) is 11.8 Å². The number of imide groups is 2. The lowest BCUT2D eigenvalue weighted by atomic mass is 9.56. The van der Waals surface area contributed by atoms with Crippen molar-refractivity contribution in [3.8, 4) is 5.75 Å². The fourth-order valence-corrected chi connectivity index (χ4v) is 9.34. The van der Waals surface area contributed by atoms with Crippen molar-refractivity contribution in [3.63, 3.8) is 0 Å². The highest BCUT2D eigenvalue weighted by Gasteiger charge is 2.76. The van der Waals surface area contributed by atoms with Crippen LogP contribution in [0.1, 0.15) is 24.3 Å². The van der Waals surface area contributed by atoms with E-state index >= 15 is 0 Å². The van der Waals surface area contributed by atoms with Gasteiger partial charge >= 0.3 is 11.4 Å². The summed E-state index contributed by atoms with van der Waals surface area (Å²) in [5.41, 5.74) is -1.27. The molecule has 4 aliphatic rings. The summed E-state index contributed by atoms with van der Waals surface area (Å²) in [6, 6.07) is 12.8. The second kappa shape index (κ2) is 13.1. The lowest BCUT2D eigenvalue weighted by molar-refractivity contribution is -0.392. The van der Waals surface area contributed by atoms with E-state index in [-0.39, 0.29) is 36.7 Å². The number of nitro benzene ring substituents is 2. The zero-order chi connectivity index (χ0) is 39.0. The Morgan fingerprint density at radius 1 is 0.889 bits per heavy atom. The van der Waals surface area contributed by atoms with E-state index in [0.717, 1.165) is 29.2 Å². The second-order valence-electron chi connectivity index (χ2n) is 13.6. The molecule has 4 amide bonds. The number of allylic oxidation sites excluding steroid dienone is 2. The Hall–Kier alpha value is -5.45. The zero-order valence-electron chi connectivity index (χ0n) is 28.5. The minimum Gasteiger partial charge on any atom is -0.491 e. The van der Waals surface area contributed by atoms with E-state index in [2.05, 4.69) is 0 Å². The van der Waals surface area contributed by atoms with Crippen LogP contribution in [0.15, 0.2) is 72.3 Å². The molecule has 0 radical (unpaired) electrons. The molecule has 2 heterocycles. The molecule has 7 rings (SSSR count). The Kier molecular flexibility index (Phi) is 8.98. The van der Waals surface area contributed by atoms with Gasteiger partial charge in [-0.1, -0.05) is 23.8 Å². The van der Waals surface area contributed by atoms with Gasteiger partial charge in [-0.2, -0.15) is 0 Å². The van der Waals surface area contributed by atoms with Crippen LogP contribution in [0, 0.1) is 43.8 Å². The minimum absolute atomic E-state index is 0.000248. The first kappa shape index (κ1) is 36.9. The average Bonchev–Trinajstić information content (AvgIpc) is 3.48. The number of nitro groups is 2. The number of halogens is 3. The van der Waals surface area contributed by atoms with E-state index in [1.807, 2.05) is 0 Å². The van der Waals surface area contributed by atoms with Crippen molar-refractivity contribution in [2.45, 2.75) is 28.5 Å².